The molecule has 1 fully saturated rings. The largest absolute Gasteiger partial charge is 0.452 e. The van der Waals surface area contributed by atoms with Crippen molar-refractivity contribution < 1.29 is 19.1 Å². The van der Waals surface area contributed by atoms with Crippen molar-refractivity contribution in [2.75, 3.05) is 18.1 Å². The van der Waals surface area contributed by atoms with E-state index in [1.807, 2.05) is 60.7 Å². The van der Waals surface area contributed by atoms with E-state index in [-0.39, 0.29) is 23.4 Å². The van der Waals surface area contributed by atoms with Crippen LogP contribution in [-0.2, 0) is 20.7 Å². The van der Waals surface area contributed by atoms with Gasteiger partial charge < -0.3 is 15.0 Å². The van der Waals surface area contributed by atoms with E-state index in [0.717, 1.165) is 17.5 Å². The number of hydrogen-bond acceptors (Lipinski definition) is 4. The minimum Gasteiger partial charge on any atom is -0.452 e. The number of carbonyl (C=O) groups excluding carboxylic acids is 3. The Morgan fingerprint density at radius 2 is 1.58 bits per heavy atom. The van der Waals surface area contributed by atoms with Crippen LogP contribution in [0.5, 0.6) is 0 Å². The minimum absolute atomic E-state index is 0.0143. The molecule has 1 aliphatic heterocycles. The molecule has 0 bridgehead atoms. The Morgan fingerprint density at radius 1 is 0.909 bits per heavy atom. The van der Waals surface area contributed by atoms with Gasteiger partial charge in [-0.05, 0) is 36.1 Å². The fraction of sp³-hybridized carbons (Fsp3) is 0.222. The zero-order valence-corrected chi connectivity index (χ0v) is 18.3. The molecule has 2 amide bonds. The Kier molecular flexibility index (Phi) is 7.15. The number of nitrogens with zero attached hydrogens (tertiary/aromatic N) is 1. The first-order valence-electron chi connectivity index (χ1n) is 11.1. The predicted octanol–water partition coefficient (Wildman–Crippen LogP) is 4.07. The van der Waals surface area contributed by atoms with Gasteiger partial charge in [0, 0.05) is 13.0 Å². The SMILES string of the molecule is O=C(COC(=O)c1ccccc1N1CCCC1=O)NC(Cc1ccccc1)c1ccccc1. The Labute approximate surface area is 193 Å². The van der Waals surface area contributed by atoms with Gasteiger partial charge in [0.2, 0.25) is 5.91 Å². The average molecular weight is 443 g/mol. The summed E-state index contributed by atoms with van der Waals surface area (Å²) >= 11 is 0. The summed E-state index contributed by atoms with van der Waals surface area (Å²) in [6.07, 6.45) is 1.84. The van der Waals surface area contributed by atoms with E-state index in [9.17, 15) is 14.4 Å². The van der Waals surface area contributed by atoms with E-state index in [4.69, 9.17) is 4.74 Å². The van der Waals surface area contributed by atoms with Crippen molar-refractivity contribution in [3.8, 4) is 0 Å². The number of esters is 1. The highest BCUT2D eigenvalue weighted by atomic mass is 16.5. The molecule has 0 saturated carbocycles. The molecule has 1 unspecified atom stereocenters. The van der Waals surface area contributed by atoms with Crippen molar-refractivity contribution >= 4 is 23.5 Å². The number of benzene rings is 3. The molecule has 0 spiro atoms. The van der Waals surface area contributed by atoms with Crippen molar-refractivity contribution in [1.82, 2.24) is 5.32 Å². The maximum atomic E-state index is 12.7. The van der Waals surface area contributed by atoms with E-state index >= 15 is 0 Å². The average Bonchev–Trinajstić information content (AvgIpc) is 3.29. The quantitative estimate of drug-likeness (QED) is 0.534. The molecule has 1 heterocycles. The van der Waals surface area contributed by atoms with Crippen LogP contribution in [0.2, 0.25) is 0 Å². The topological polar surface area (TPSA) is 75.7 Å². The minimum atomic E-state index is -0.625. The fourth-order valence-electron chi connectivity index (χ4n) is 4.02. The van der Waals surface area contributed by atoms with Gasteiger partial charge in [-0.1, -0.05) is 72.8 Å². The van der Waals surface area contributed by atoms with E-state index in [0.29, 0.717) is 25.1 Å². The smallest absolute Gasteiger partial charge is 0.340 e. The summed E-state index contributed by atoms with van der Waals surface area (Å²) in [5.41, 5.74) is 2.87. The van der Waals surface area contributed by atoms with Crippen molar-refractivity contribution in [2.45, 2.75) is 25.3 Å². The molecule has 33 heavy (non-hydrogen) atoms. The molecule has 6 nitrogen and oxygen atoms in total. The maximum absolute atomic E-state index is 12.7. The molecule has 3 aromatic rings. The van der Waals surface area contributed by atoms with Gasteiger partial charge in [0.05, 0.1) is 17.3 Å². The molecule has 1 N–H and O–H groups in total. The van der Waals surface area contributed by atoms with Crippen LogP contribution < -0.4 is 10.2 Å². The first-order valence-corrected chi connectivity index (χ1v) is 11.1. The first-order chi connectivity index (χ1) is 16.1. The third kappa shape index (κ3) is 5.66. The van der Waals surface area contributed by atoms with Crippen LogP contribution in [0.15, 0.2) is 84.9 Å². The van der Waals surface area contributed by atoms with Crippen LogP contribution in [0.4, 0.5) is 5.69 Å². The lowest BCUT2D eigenvalue weighted by molar-refractivity contribution is -0.125. The van der Waals surface area contributed by atoms with Crippen molar-refractivity contribution in [2.24, 2.45) is 0 Å². The highest BCUT2D eigenvalue weighted by molar-refractivity contribution is 6.03. The number of para-hydroxylation sites is 1. The van der Waals surface area contributed by atoms with Crippen molar-refractivity contribution in [3.63, 3.8) is 0 Å². The van der Waals surface area contributed by atoms with Crippen LogP contribution in [0.1, 0.15) is 40.4 Å². The summed E-state index contributed by atoms with van der Waals surface area (Å²) in [4.78, 5) is 39.2. The molecule has 168 valence electrons. The summed E-state index contributed by atoms with van der Waals surface area (Å²) in [7, 11) is 0. The second kappa shape index (κ2) is 10.6. The number of nitrogens with one attached hydrogen (secondary N) is 1. The van der Waals surface area contributed by atoms with E-state index in [1.165, 1.54) is 0 Å². The molecule has 4 rings (SSSR count). The van der Waals surface area contributed by atoms with Crippen LogP contribution >= 0.6 is 0 Å². The Bertz CT molecular complexity index is 1120. The molecule has 6 heteroatoms. The van der Waals surface area contributed by atoms with Gasteiger partial charge in [-0.15, -0.1) is 0 Å². The molecule has 0 aromatic heterocycles. The maximum Gasteiger partial charge on any atom is 0.340 e. The van der Waals surface area contributed by atoms with Gasteiger partial charge in [-0.3, -0.25) is 9.59 Å². The second-order valence-corrected chi connectivity index (χ2v) is 7.96. The third-order valence-corrected chi connectivity index (χ3v) is 5.64. The molecule has 1 atom stereocenters. The first kappa shape index (κ1) is 22.3. The standard InChI is InChI=1S/C27H26N2O4/c30-25(28-23(21-12-5-2-6-13-21)18-20-10-3-1-4-11-20)19-33-27(32)22-14-7-8-15-24(22)29-17-9-16-26(29)31/h1-8,10-15,23H,9,16-19H2,(H,28,30). The molecule has 3 aromatic carbocycles. The molecule has 1 aliphatic rings. The third-order valence-electron chi connectivity index (χ3n) is 5.64. The fourth-order valence-corrected chi connectivity index (χ4v) is 4.02. The van der Waals surface area contributed by atoms with E-state index in [2.05, 4.69) is 5.32 Å². The molecule has 0 aliphatic carbocycles. The molecular weight excluding hydrogens is 416 g/mol. The summed E-state index contributed by atoms with van der Waals surface area (Å²) in [5, 5.41) is 2.98. The van der Waals surface area contributed by atoms with E-state index in [1.54, 1.807) is 29.2 Å². The molecular formula is C27H26N2O4. The van der Waals surface area contributed by atoms with Crippen LogP contribution in [-0.4, -0.2) is 30.9 Å². The van der Waals surface area contributed by atoms with Gasteiger partial charge in [0.1, 0.15) is 0 Å². The number of carbonyl (C=O) groups is 3. The number of hydrogen-bond donors (Lipinski definition) is 1. The van der Waals surface area contributed by atoms with Crippen molar-refractivity contribution in [3.05, 3.63) is 102 Å². The highest BCUT2D eigenvalue weighted by Crippen LogP contribution is 2.26. The number of rotatable bonds is 8. The lowest BCUT2D eigenvalue weighted by atomic mass is 9.99. The summed E-state index contributed by atoms with van der Waals surface area (Å²) in [5.74, 6) is -1.03. The van der Waals surface area contributed by atoms with Crippen LogP contribution in [0, 0.1) is 0 Å². The lowest BCUT2D eigenvalue weighted by Gasteiger charge is -2.20. The van der Waals surface area contributed by atoms with Gasteiger partial charge in [0.15, 0.2) is 6.61 Å². The predicted molar refractivity (Wildman–Crippen MR) is 126 cm³/mol. The lowest BCUT2D eigenvalue weighted by Crippen LogP contribution is -2.34. The van der Waals surface area contributed by atoms with Gasteiger partial charge in [-0.2, -0.15) is 0 Å². The summed E-state index contributed by atoms with van der Waals surface area (Å²) in [6.45, 7) is 0.168. The normalized spacial score (nSPS) is 14.1. The monoisotopic (exact) mass is 442 g/mol. The van der Waals surface area contributed by atoms with Gasteiger partial charge >= 0.3 is 5.97 Å². The van der Waals surface area contributed by atoms with E-state index < -0.39 is 12.6 Å². The van der Waals surface area contributed by atoms with Crippen LogP contribution in [0.25, 0.3) is 0 Å². The zero-order valence-electron chi connectivity index (χ0n) is 18.3. The Balaban J connectivity index is 1.41. The Hall–Kier alpha value is -3.93. The summed E-state index contributed by atoms with van der Waals surface area (Å²) < 4.78 is 5.32. The number of anilines is 1. The highest BCUT2D eigenvalue weighted by Gasteiger charge is 2.26. The van der Waals surface area contributed by atoms with Gasteiger partial charge in [-0.25, -0.2) is 4.79 Å². The number of amides is 2. The summed E-state index contributed by atoms with van der Waals surface area (Å²) in [6, 6.07) is 26.2. The second-order valence-electron chi connectivity index (χ2n) is 7.96. The van der Waals surface area contributed by atoms with Crippen molar-refractivity contribution in [1.29, 1.82) is 0 Å². The van der Waals surface area contributed by atoms with Gasteiger partial charge in [0.25, 0.3) is 5.91 Å². The molecule has 1 saturated heterocycles. The Morgan fingerprint density at radius 3 is 2.27 bits per heavy atom. The number of ether oxygens (including phenoxy) is 1. The zero-order chi connectivity index (χ0) is 23.0. The molecule has 0 radical (unpaired) electrons. The van der Waals surface area contributed by atoms with Crippen LogP contribution in [0.3, 0.4) is 0 Å².